The van der Waals surface area contributed by atoms with Gasteiger partial charge in [-0.25, -0.2) is 4.98 Å². The van der Waals surface area contributed by atoms with Crippen LogP contribution >= 0.6 is 0 Å². The van der Waals surface area contributed by atoms with E-state index >= 15 is 0 Å². The molecule has 0 spiro atoms. The first-order valence-corrected chi connectivity index (χ1v) is 9.22. The van der Waals surface area contributed by atoms with E-state index in [1.807, 2.05) is 12.1 Å². The molecule has 0 aliphatic carbocycles. The Morgan fingerprint density at radius 1 is 0.926 bits per heavy atom. The molecule has 3 heterocycles. The Labute approximate surface area is 157 Å². The summed E-state index contributed by atoms with van der Waals surface area (Å²) in [6, 6.07) is 16.9. The number of nitrogens with zero attached hydrogens (tertiary/aromatic N) is 2. The summed E-state index contributed by atoms with van der Waals surface area (Å²) in [5.41, 5.74) is 9.67. The molecule has 0 fully saturated rings. The van der Waals surface area contributed by atoms with Crippen molar-refractivity contribution in [1.29, 1.82) is 0 Å². The molecule has 0 saturated heterocycles. The van der Waals surface area contributed by atoms with Crippen LogP contribution in [0.25, 0.3) is 44.2 Å². The minimum absolute atomic E-state index is 0.837. The van der Waals surface area contributed by atoms with Gasteiger partial charge in [0.05, 0.1) is 11.1 Å². The van der Waals surface area contributed by atoms with E-state index < -0.39 is 0 Å². The molecule has 2 aromatic carbocycles. The molecule has 132 valence electrons. The van der Waals surface area contributed by atoms with Crippen LogP contribution in [-0.2, 0) is 7.05 Å². The lowest BCUT2D eigenvalue weighted by Gasteiger charge is -2.07. The zero-order chi connectivity index (χ0) is 18.7. The molecule has 0 atom stereocenters. The van der Waals surface area contributed by atoms with E-state index in [0.717, 1.165) is 44.2 Å². The Balaban J connectivity index is 1.99. The molecule has 0 radical (unpaired) electrons. The molecule has 0 aliphatic heterocycles. The molecule has 3 heteroatoms. The van der Waals surface area contributed by atoms with E-state index in [4.69, 9.17) is 9.40 Å². The molecule has 0 aliphatic rings. The number of pyridine rings is 2. The number of para-hydroxylation sites is 1. The summed E-state index contributed by atoms with van der Waals surface area (Å²) in [5, 5.41) is 2.18. The highest BCUT2D eigenvalue weighted by Gasteiger charge is 2.25. The maximum atomic E-state index is 6.30. The Hall–Kier alpha value is -3.20. The fraction of sp³-hybridized carbons (Fsp3) is 0.167. The van der Waals surface area contributed by atoms with Crippen LogP contribution in [0.3, 0.4) is 0 Å². The highest BCUT2D eigenvalue weighted by molar-refractivity contribution is 6.11. The third-order valence-corrected chi connectivity index (χ3v) is 5.34. The average molecular weight is 353 g/mol. The second kappa shape index (κ2) is 5.65. The van der Waals surface area contributed by atoms with E-state index in [1.165, 1.54) is 16.7 Å². The summed E-state index contributed by atoms with van der Waals surface area (Å²) in [7, 11) is 2.10. The van der Waals surface area contributed by atoms with E-state index in [1.54, 1.807) is 0 Å². The van der Waals surface area contributed by atoms with Crippen LogP contribution in [-0.4, -0.2) is 4.98 Å². The summed E-state index contributed by atoms with van der Waals surface area (Å²) in [4.78, 5) is 4.97. The Kier molecular flexibility index (Phi) is 3.35. The smallest absolute Gasteiger partial charge is 0.226 e. The first kappa shape index (κ1) is 16.0. The summed E-state index contributed by atoms with van der Waals surface area (Å²) >= 11 is 0. The molecular formula is C24H21N2O+. The standard InChI is InChI=1S/C24H21N2O/c1-14-9-10-18(15(2)11-14)23-21-22-20(27-24(21)16(3)13-26(23)4)12-17-7-5-6-8-19(17)25-22/h5-13H,1-4H3/q+1. The van der Waals surface area contributed by atoms with Gasteiger partial charge in [0.15, 0.2) is 17.4 Å². The van der Waals surface area contributed by atoms with Crippen LogP contribution < -0.4 is 4.57 Å². The normalized spacial score (nSPS) is 11.7. The fourth-order valence-corrected chi connectivity index (χ4v) is 4.11. The highest BCUT2D eigenvalue weighted by atomic mass is 16.3. The van der Waals surface area contributed by atoms with Gasteiger partial charge in [-0.15, -0.1) is 0 Å². The largest absolute Gasteiger partial charge is 0.454 e. The number of rotatable bonds is 1. The predicted molar refractivity (Wildman–Crippen MR) is 110 cm³/mol. The molecule has 0 unspecified atom stereocenters. The van der Waals surface area contributed by atoms with Gasteiger partial charge >= 0.3 is 0 Å². The lowest BCUT2D eigenvalue weighted by molar-refractivity contribution is -0.659. The maximum absolute atomic E-state index is 6.30. The van der Waals surface area contributed by atoms with Gasteiger partial charge in [-0.05, 0) is 44.5 Å². The zero-order valence-electron chi connectivity index (χ0n) is 16.0. The third kappa shape index (κ3) is 2.35. The van der Waals surface area contributed by atoms with Crippen LogP contribution in [0.1, 0.15) is 16.7 Å². The van der Waals surface area contributed by atoms with Gasteiger partial charge in [-0.3, -0.25) is 0 Å². The van der Waals surface area contributed by atoms with E-state index in [-0.39, 0.29) is 0 Å². The minimum atomic E-state index is 0.837. The van der Waals surface area contributed by atoms with Crippen LogP contribution in [0, 0.1) is 20.8 Å². The zero-order valence-corrected chi connectivity index (χ0v) is 16.0. The highest BCUT2D eigenvalue weighted by Crippen LogP contribution is 2.37. The van der Waals surface area contributed by atoms with Crippen molar-refractivity contribution in [2.75, 3.05) is 0 Å². The molecular weight excluding hydrogens is 332 g/mol. The second-order valence-corrected chi connectivity index (χ2v) is 7.42. The maximum Gasteiger partial charge on any atom is 0.226 e. The molecule has 5 aromatic rings. The van der Waals surface area contributed by atoms with Crippen molar-refractivity contribution in [3.8, 4) is 11.3 Å². The first-order valence-electron chi connectivity index (χ1n) is 9.22. The lowest BCUT2D eigenvalue weighted by atomic mass is 9.99. The number of benzene rings is 2. The number of hydrogen-bond donors (Lipinski definition) is 0. The third-order valence-electron chi connectivity index (χ3n) is 5.34. The number of furan rings is 1. The fourth-order valence-electron chi connectivity index (χ4n) is 4.11. The van der Waals surface area contributed by atoms with Gasteiger partial charge < -0.3 is 4.42 Å². The van der Waals surface area contributed by atoms with E-state index in [9.17, 15) is 0 Å². The Morgan fingerprint density at radius 2 is 1.74 bits per heavy atom. The Morgan fingerprint density at radius 3 is 2.56 bits per heavy atom. The van der Waals surface area contributed by atoms with Crippen molar-refractivity contribution >= 4 is 33.0 Å². The number of fused-ring (bicyclic) bond motifs is 4. The quantitative estimate of drug-likeness (QED) is 0.370. The van der Waals surface area contributed by atoms with Crippen LogP contribution in [0.15, 0.2) is 59.1 Å². The average Bonchev–Trinajstić information content (AvgIpc) is 3.00. The van der Waals surface area contributed by atoms with Gasteiger partial charge in [0, 0.05) is 10.9 Å². The summed E-state index contributed by atoms with van der Waals surface area (Å²) in [6.07, 6.45) is 2.14. The first-order chi connectivity index (χ1) is 13.0. The molecule has 3 nitrogen and oxygen atoms in total. The van der Waals surface area contributed by atoms with Crippen molar-refractivity contribution in [1.82, 2.24) is 4.98 Å². The van der Waals surface area contributed by atoms with Crippen molar-refractivity contribution in [2.24, 2.45) is 7.05 Å². The molecule has 27 heavy (non-hydrogen) atoms. The van der Waals surface area contributed by atoms with Gasteiger partial charge in [0.25, 0.3) is 0 Å². The molecule has 0 bridgehead atoms. The van der Waals surface area contributed by atoms with Gasteiger partial charge in [0.1, 0.15) is 18.0 Å². The monoisotopic (exact) mass is 353 g/mol. The summed E-state index contributed by atoms with van der Waals surface area (Å²) in [6.45, 7) is 6.39. The number of aromatic nitrogens is 2. The minimum Gasteiger partial charge on any atom is -0.454 e. The van der Waals surface area contributed by atoms with Gasteiger partial charge in [-0.2, -0.15) is 4.57 Å². The van der Waals surface area contributed by atoms with E-state index in [0.29, 0.717) is 0 Å². The number of aryl methyl sites for hydroxylation is 4. The van der Waals surface area contributed by atoms with Crippen molar-refractivity contribution in [2.45, 2.75) is 20.8 Å². The van der Waals surface area contributed by atoms with Gasteiger partial charge in [0.2, 0.25) is 5.69 Å². The second-order valence-electron chi connectivity index (χ2n) is 7.42. The van der Waals surface area contributed by atoms with Crippen molar-refractivity contribution in [3.63, 3.8) is 0 Å². The molecule has 0 saturated carbocycles. The predicted octanol–water partition coefficient (Wildman–Crippen LogP) is 5.55. The number of hydrogen-bond acceptors (Lipinski definition) is 2. The van der Waals surface area contributed by atoms with Gasteiger partial charge in [-0.1, -0.05) is 35.9 Å². The summed E-state index contributed by atoms with van der Waals surface area (Å²) < 4.78 is 8.49. The van der Waals surface area contributed by atoms with Crippen LogP contribution in [0.4, 0.5) is 0 Å². The summed E-state index contributed by atoms with van der Waals surface area (Å²) in [5.74, 6) is 0. The van der Waals surface area contributed by atoms with Crippen LogP contribution in [0.5, 0.6) is 0 Å². The van der Waals surface area contributed by atoms with Crippen molar-refractivity contribution < 1.29 is 8.98 Å². The molecule has 0 N–H and O–H groups in total. The topological polar surface area (TPSA) is 29.9 Å². The SMILES string of the molecule is Cc1ccc(-c2c3c(oc4cc5ccccc5nc43)c(C)c[n+]2C)c(C)c1. The van der Waals surface area contributed by atoms with Crippen molar-refractivity contribution in [3.05, 3.63) is 71.4 Å². The lowest BCUT2D eigenvalue weighted by Crippen LogP contribution is -2.31. The Bertz CT molecular complexity index is 1360. The molecule has 5 rings (SSSR count). The van der Waals surface area contributed by atoms with Crippen LogP contribution in [0.2, 0.25) is 0 Å². The molecule has 3 aromatic heterocycles. The molecule has 0 amide bonds. The van der Waals surface area contributed by atoms with E-state index in [2.05, 4.69) is 75.0 Å².